The summed E-state index contributed by atoms with van der Waals surface area (Å²) in [5.74, 6) is 0. The molecule has 0 aromatic heterocycles. The van der Waals surface area contributed by atoms with Gasteiger partial charge in [-0.05, 0) is 11.1 Å². The largest absolute Gasteiger partial charge is 0.327 e. The fourth-order valence-electron chi connectivity index (χ4n) is 0.851. The SMILES string of the molecule is C=Cc1ccc(COP=O)cc1. The molecule has 0 saturated carbocycles. The lowest BCUT2D eigenvalue weighted by Gasteiger charge is -1.97. The summed E-state index contributed by atoms with van der Waals surface area (Å²) in [6.45, 7) is 4.02. The van der Waals surface area contributed by atoms with Crippen molar-refractivity contribution in [1.82, 2.24) is 0 Å². The van der Waals surface area contributed by atoms with Crippen molar-refractivity contribution in [3.8, 4) is 0 Å². The molecule has 12 heavy (non-hydrogen) atoms. The van der Waals surface area contributed by atoms with Crippen molar-refractivity contribution in [3.63, 3.8) is 0 Å². The Hall–Kier alpha value is -0.980. The third-order valence-corrected chi connectivity index (χ3v) is 1.73. The molecule has 1 rings (SSSR count). The highest BCUT2D eigenvalue weighted by Crippen LogP contribution is 2.08. The second-order valence-corrected chi connectivity index (χ2v) is 2.70. The smallest absolute Gasteiger partial charge is 0.290 e. The van der Waals surface area contributed by atoms with Crippen LogP contribution in [-0.2, 0) is 15.7 Å². The standard InChI is InChI=1S/C9H9O2P/c1-2-8-3-5-9(6-4-8)7-11-12-10/h2-6H,1,7H2. The summed E-state index contributed by atoms with van der Waals surface area (Å²) >= 11 is 0. The van der Waals surface area contributed by atoms with Crippen molar-refractivity contribution in [2.24, 2.45) is 0 Å². The third kappa shape index (κ3) is 2.57. The molecule has 1 aromatic carbocycles. The van der Waals surface area contributed by atoms with Crippen LogP contribution in [0.15, 0.2) is 30.8 Å². The zero-order chi connectivity index (χ0) is 8.81. The molecule has 3 heteroatoms. The Labute approximate surface area is 73.2 Å². The number of hydrogen-bond acceptors (Lipinski definition) is 2. The van der Waals surface area contributed by atoms with Gasteiger partial charge in [-0.25, -0.2) is 4.57 Å². The Balaban J connectivity index is 2.64. The Bertz CT molecular complexity index is 266. The van der Waals surface area contributed by atoms with Gasteiger partial charge in [0.25, 0.3) is 0 Å². The minimum absolute atomic E-state index is 0.277. The zero-order valence-electron chi connectivity index (χ0n) is 6.56. The van der Waals surface area contributed by atoms with E-state index in [9.17, 15) is 4.57 Å². The van der Waals surface area contributed by atoms with Crippen molar-refractivity contribution in [2.75, 3.05) is 0 Å². The van der Waals surface area contributed by atoms with Gasteiger partial charge in [0, 0.05) is 0 Å². The molecule has 0 fully saturated rings. The van der Waals surface area contributed by atoms with Crippen LogP contribution in [0.5, 0.6) is 0 Å². The average molecular weight is 180 g/mol. The summed E-state index contributed by atoms with van der Waals surface area (Å²) in [7, 11) is -0.277. The predicted molar refractivity (Wildman–Crippen MR) is 48.9 cm³/mol. The molecular formula is C9H9O2P. The molecule has 62 valence electrons. The van der Waals surface area contributed by atoms with E-state index in [4.69, 9.17) is 0 Å². The molecule has 0 amide bonds. The first-order chi connectivity index (χ1) is 5.86. The van der Waals surface area contributed by atoms with Gasteiger partial charge >= 0.3 is 8.69 Å². The maximum absolute atomic E-state index is 9.96. The van der Waals surface area contributed by atoms with E-state index in [0.29, 0.717) is 6.61 Å². The van der Waals surface area contributed by atoms with Crippen LogP contribution < -0.4 is 0 Å². The highest BCUT2D eigenvalue weighted by molar-refractivity contribution is 7.17. The fraction of sp³-hybridized carbons (Fsp3) is 0.111. The van der Waals surface area contributed by atoms with E-state index < -0.39 is 0 Å². The lowest BCUT2D eigenvalue weighted by Crippen LogP contribution is -1.83. The van der Waals surface area contributed by atoms with E-state index in [0.717, 1.165) is 11.1 Å². The van der Waals surface area contributed by atoms with Crippen molar-refractivity contribution in [1.29, 1.82) is 0 Å². The van der Waals surface area contributed by atoms with Crippen LogP contribution in [0.1, 0.15) is 11.1 Å². The topological polar surface area (TPSA) is 26.3 Å². The average Bonchev–Trinajstić information content (AvgIpc) is 2.15. The zero-order valence-corrected chi connectivity index (χ0v) is 7.46. The molecule has 0 aliphatic carbocycles. The molecule has 1 aromatic rings. The molecule has 0 saturated heterocycles. The Morgan fingerprint density at radius 1 is 1.42 bits per heavy atom. The minimum Gasteiger partial charge on any atom is -0.290 e. The predicted octanol–water partition coefficient (Wildman–Crippen LogP) is 3.05. The molecule has 0 radical (unpaired) electrons. The number of hydrogen-bond donors (Lipinski definition) is 0. The minimum atomic E-state index is -0.277. The van der Waals surface area contributed by atoms with Gasteiger partial charge in [-0.2, -0.15) is 0 Å². The van der Waals surface area contributed by atoms with Crippen molar-refractivity contribution >= 4 is 14.8 Å². The lowest BCUT2D eigenvalue weighted by atomic mass is 10.1. The van der Waals surface area contributed by atoms with E-state index in [1.54, 1.807) is 6.08 Å². The van der Waals surface area contributed by atoms with Crippen molar-refractivity contribution in [3.05, 3.63) is 42.0 Å². The highest BCUT2D eigenvalue weighted by atomic mass is 31.1. The van der Waals surface area contributed by atoms with E-state index in [1.165, 1.54) is 0 Å². The molecule has 0 heterocycles. The Kier molecular flexibility index (Phi) is 3.65. The lowest BCUT2D eigenvalue weighted by molar-refractivity contribution is 0.332. The summed E-state index contributed by atoms with van der Waals surface area (Å²) in [6, 6.07) is 7.71. The van der Waals surface area contributed by atoms with Crippen LogP contribution in [-0.4, -0.2) is 0 Å². The van der Waals surface area contributed by atoms with Gasteiger partial charge in [-0.15, -0.1) is 0 Å². The normalized spacial score (nSPS) is 10.0. The number of benzene rings is 1. The van der Waals surface area contributed by atoms with Gasteiger partial charge in [-0.3, -0.25) is 4.52 Å². The second-order valence-electron chi connectivity index (χ2n) is 2.29. The van der Waals surface area contributed by atoms with Gasteiger partial charge in [0.1, 0.15) is 0 Å². The van der Waals surface area contributed by atoms with Gasteiger partial charge in [0.15, 0.2) is 0 Å². The van der Waals surface area contributed by atoms with E-state index >= 15 is 0 Å². The van der Waals surface area contributed by atoms with Gasteiger partial charge < -0.3 is 0 Å². The van der Waals surface area contributed by atoms with E-state index in [2.05, 4.69) is 11.1 Å². The van der Waals surface area contributed by atoms with Gasteiger partial charge in [0.2, 0.25) is 0 Å². The first-order valence-corrected chi connectivity index (χ1v) is 4.26. The first-order valence-electron chi connectivity index (χ1n) is 3.53. The molecule has 0 atom stereocenters. The quantitative estimate of drug-likeness (QED) is 0.665. The van der Waals surface area contributed by atoms with Gasteiger partial charge in [-0.1, -0.05) is 36.9 Å². The summed E-state index contributed by atoms with van der Waals surface area (Å²) in [4.78, 5) is 0. The Morgan fingerprint density at radius 3 is 2.58 bits per heavy atom. The van der Waals surface area contributed by atoms with Crippen molar-refractivity contribution < 1.29 is 9.09 Å². The molecular weight excluding hydrogens is 171 g/mol. The van der Waals surface area contributed by atoms with Crippen LogP contribution >= 0.6 is 8.69 Å². The molecule has 2 nitrogen and oxygen atoms in total. The van der Waals surface area contributed by atoms with E-state index in [-0.39, 0.29) is 8.69 Å². The molecule has 0 aliphatic rings. The summed E-state index contributed by atoms with van der Waals surface area (Å²) in [5, 5.41) is 0. The van der Waals surface area contributed by atoms with E-state index in [1.807, 2.05) is 24.3 Å². The molecule has 0 bridgehead atoms. The molecule has 0 N–H and O–H groups in total. The van der Waals surface area contributed by atoms with Crippen LogP contribution in [0, 0.1) is 0 Å². The summed E-state index contributed by atoms with van der Waals surface area (Å²) in [6.07, 6.45) is 1.77. The maximum atomic E-state index is 9.96. The molecule has 0 unspecified atom stereocenters. The summed E-state index contributed by atoms with van der Waals surface area (Å²) in [5.41, 5.74) is 2.07. The van der Waals surface area contributed by atoms with Crippen LogP contribution in [0.2, 0.25) is 0 Å². The van der Waals surface area contributed by atoms with Crippen LogP contribution in [0.3, 0.4) is 0 Å². The highest BCUT2D eigenvalue weighted by Gasteiger charge is 1.91. The summed E-state index contributed by atoms with van der Waals surface area (Å²) < 4.78 is 14.6. The monoisotopic (exact) mass is 180 g/mol. The van der Waals surface area contributed by atoms with Gasteiger partial charge in [0.05, 0.1) is 6.61 Å². The first kappa shape index (κ1) is 9.11. The fourth-order valence-corrected chi connectivity index (χ4v) is 1.05. The van der Waals surface area contributed by atoms with Crippen LogP contribution in [0.4, 0.5) is 0 Å². The maximum Gasteiger partial charge on any atom is 0.327 e. The molecule has 0 aliphatic heterocycles. The Morgan fingerprint density at radius 2 is 2.08 bits per heavy atom. The second kappa shape index (κ2) is 4.81. The van der Waals surface area contributed by atoms with Crippen molar-refractivity contribution in [2.45, 2.75) is 6.61 Å². The molecule has 0 spiro atoms. The number of rotatable bonds is 4. The third-order valence-electron chi connectivity index (χ3n) is 1.50. The van der Waals surface area contributed by atoms with Crippen LogP contribution in [0.25, 0.3) is 6.08 Å².